The molecule has 2 aromatic heterocycles. The second-order valence-electron chi connectivity index (χ2n) is 16.3. The van der Waals surface area contributed by atoms with E-state index in [1.165, 1.54) is 30.6 Å². The number of aromatic nitrogens is 4. The highest BCUT2D eigenvalue weighted by atomic mass is 32.2. The third kappa shape index (κ3) is 11.9. The third-order valence-electron chi connectivity index (χ3n) is 10.2. The van der Waals surface area contributed by atoms with Crippen molar-refractivity contribution in [1.29, 1.82) is 0 Å². The monoisotopic (exact) mass is 896 g/mol. The van der Waals surface area contributed by atoms with Gasteiger partial charge in [-0.25, -0.2) is 18.7 Å². The predicted octanol–water partition coefficient (Wildman–Crippen LogP) is 6.49. The number of nitrogens with zero attached hydrogens (tertiary/aromatic N) is 7. The van der Waals surface area contributed by atoms with E-state index in [2.05, 4.69) is 66.5 Å². The first-order valence-electron chi connectivity index (χ1n) is 20.4. The molecule has 328 valence electrons. The van der Waals surface area contributed by atoms with Crippen molar-refractivity contribution in [3.63, 3.8) is 0 Å². The van der Waals surface area contributed by atoms with Crippen molar-refractivity contribution >= 4 is 75.5 Å². The Hall–Kier alpha value is -6.05. The van der Waals surface area contributed by atoms with E-state index in [1.54, 1.807) is 42.7 Å². The van der Waals surface area contributed by atoms with Gasteiger partial charge in [-0.15, -0.1) is 0 Å². The molecular formula is C44H46F2N10O5S2. The summed E-state index contributed by atoms with van der Waals surface area (Å²) in [5, 5.41) is 6.90. The van der Waals surface area contributed by atoms with E-state index in [9.17, 15) is 32.8 Å². The van der Waals surface area contributed by atoms with Crippen LogP contribution in [0.1, 0.15) is 51.2 Å². The maximum absolute atomic E-state index is 14.7. The second-order valence-corrected chi connectivity index (χ2v) is 18.3. The molecule has 0 spiro atoms. The van der Waals surface area contributed by atoms with E-state index in [4.69, 9.17) is 0 Å². The number of amides is 5. The zero-order chi connectivity index (χ0) is 44.7. The lowest BCUT2D eigenvalue weighted by molar-refractivity contribution is -0.132. The SMILES string of the molecule is CC(C)(C)CC(=O)N1CCCN(c2cncc(-c3cc(/C=C4\SC(=O)NC4=O)ccc3F)n2)CC1.O=C1NC(=O)/C(=C/c2ccc(F)c(-c3cncc(N4CCCNCC4)n3)c2)S1. The minimum absolute atomic E-state index is 0.0623. The first-order chi connectivity index (χ1) is 30.2. The molecule has 4 aliphatic heterocycles. The first kappa shape index (κ1) is 45.0. The highest BCUT2D eigenvalue weighted by Crippen LogP contribution is 2.31. The molecule has 0 radical (unpaired) electrons. The van der Waals surface area contributed by atoms with Gasteiger partial charge in [-0.3, -0.25) is 44.6 Å². The van der Waals surface area contributed by atoms with Crippen LogP contribution in [0.3, 0.4) is 0 Å². The largest absolute Gasteiger partial charge is 0.354 e. The van der Waals surface area contributed by atoms with Crippen molar-refractivity contribution in [2.75, 3.05) is 62.2 Å². The van der Waals surface area contributed by atoms with E-state index in [-0.39, 0.29) is 26.7 Å². The maximum atomic E-state index is 14.7. The van der Waals surface area contributed by atoms with Gasteiger partial charge in [-0.1, -0.05) is 32.9 Å². The van der Waals surface area contributed by atoms with Gasteiger partial charge in [0.15, 0.2) is 0 Å². The molecule has 0 atom stereocenters. The zero-order valence-electron chi connectivity index (χ0n) is 35.0. The number of carbonyl (C=O) groups excluding carboxylic acids is 5. The average molecular weight is 897 g/mol. The Kier molecular flexibility index (Phi) is 14.3. The van der Waals surface area contributed by atoms with Gasteiger partial charge < -0.3 is 20.0 Å². The third-order valence-corrected chi connectivity index (χ3v) is 11.8. The summed E-state index contributed by atoms with van der Waals surface area (Å²) in [6, 6.07) is 8.92. The average Bonchev–Trinajstić information content (AvgIpc) is 3.49. The van der Waals surface area contributed by atoms with Crippen LogP contribution < -0.4 is 25.8 Å². The topological polar surface area (TPSA) is 183 Å². The molecule has 3 N–H and O–H groups in total. The van der Waals surface area contributed by atoms with Crippen LogP contribution in [0.4, 0.5) is 30.0 Å². The van der Waals surface area contributed by atoms with E-state index in [0.717, 1.165) is 62.5 Å². The highest BCUT2D eigenvalue weighted by Gasteiger charge is 2.27. The van der Waals surface area contributed by atoms with Crippen LogP contribution >= 0.6 is 23.5 Å². The van der Waals surface area contributed by atoms with Crippen LogP contribution in [0.15, 0.2) is 71.0 Å². The van der Waals surface area contributed by atoms with Crippen LogP contribution in [0, 0.1) is 17.0 Å². The van der Waals surface area contributed by atoms with Crippen molar-refractivity contribution in [1.82, 2.24) is 40.8 Å². The van der Waals surface area contributed by atoms with Crippen LogP contribution in [-0.4, -0.2) is 105 Å². The van der Waals surface area contributed by atoms with Crippen LogP contribution in [0.2, 0.25) is 0 Å². The van der Waals surface area contributed by atoms with Crippen LogP contribution in [0.5, 0.6) is 0 Å². The number of nitrogens with one attached hydrogen (secondary N) is 3. The zero-order valence-corrected chi connectivity index (χ0v) is 36.6. The van der Waals surface area contributed by atoms with E-state index in [1.807, 2.05) is 4.90 Å². The molecule has 15 nitrogen and oxygen atoms in total. The number of benzene rings is 2. The van der Waals surface area contributed by atoms with Crippen molar-refractivity contribution < 1.29 is 32.8 Å². The molecule has 4 aliphatic rings. The number of anilines is 2. The number of halogens is 2. The molecule has 6 heterocycles. The minimum Gasteiger partial charge on any atom is -0.354 e. The van der Waals surface area contributed by atoms with Gasteiger partial charge in [0, 0.05) is 63.4 Å². The second kappa shape index (κ2) is 20.0. The normalized spacial score (nSPS) is 18.5. The molecular weight excluding hydrogens is 851 g/mol. The maximum Gasteiger partial charge on any atom is 0.290 e. The number of rotatable bonds is 7. The fourth-order valence-corrected chi connectivity index (χ4v) is 8.48. The number of imide groups is 2. The number of hydrogen-bond donors (Lipinski definition) is 3. The van der Waals surface area contributed by atoms with Crippen molar-refractivity contribution in [2.24, 2.45) is 5.41 Å². The van der Waals surface area contributed by atoms with Gasteiger partial charge in [-0.05, 0) is 95.9 Å². The molecule has 0 saturated carbocycles. The van der Waals surface area contributed by atoms with Gasteiger partial charge in [0.25, 0.3) is 22.3 Å². The molecule has 2 aromatic carbocycles. The van der Waals surface area contributed by atoms with Gasteiger partial charge in [0.1, 0.15) is 23.3 Å². The van der Waals surface area contributed by atoms with Crippen LogP contribution in [0.25, 0.3) is 34.7 Å². The lowest BCUT2D eigenvalue weighted by Crippen LogP contribution is -2.37. The fourth-order valence-electron chi connectivity index (χ4n) is 7.11. The van der Waals surface area contributed by atoms with Crippen molar-refractivity contribution in [2.45, 2.75) is 40.0 Å². The smallest absolute Gasteiger partial charge is 0.290 e. The molecule has 19 heteroatoms. The van der Waals surface area contributed by atoms with Gasteiger partial charge in [0.2, 0.25) is 5.91 Å². The summed E-state index contributed by atoms with van der Waals surface area (Å²) in [6.07, 6.45) is 11.8. The number of thioether (sulfide) groups is 2. The summed E-state index contributed by atoms with van der Waals surface area (Å²) < 4.78 is 29.2. The summed E-state index contributed by atoms with van der Waals surface area (Å²) in [5.74, 6) is -0.323. The Balaban J connectivity index is 0.000000193. The standard InChI is InChI=1S/C25H28FN5O3S.C19H18FN5O2S/c1-25(2,3)13-22(32)31-8-4-7-30(9-10-31)21-15-27-14-19(28-21)17-11-16(5-6-18(17)26)12-20-23(33)29-24(34)35-20;20-14-3-2-12(9-16-18(26)24-19(27)28-16)8-13(14)15-10-22-11-17(23-15)25-6-1-4-21-5-7-25/h5-6,11-12,14-15H,4,7-10,13H2,1-3H3,(H,29,33,34);2-3,8-11,21H,1,4-7H2,(H,24,26,27)/b20-12-;16-9-. The molecule has 4 fully saturated rings. The Morgan fingerprint density at radius 2 is 1.21 bits per heavy atom. The quantitative estimate of drug-likeness (QED) is 0.171. The molecule has 4 saturated heterocycles. The molecule has 0 bridgehead atoms. The summed E-state index contributed by atoms with van der Waals surface area (Å²) in [5.41, 5.74) is 2.45. The lowest BCUT2D eigenvalue weighted by atomic mass is 9.91. The molecule has 4 aromatic rings. The molecule has 63 heavy (non-hydrogen) atoms. The van der Waals surface area contributed by atoms with Crippen LogP contribution in [-0.2, 0) is 14.4 Å². The highest BCUT2D eigenvalue weighted by molar-refractivity contribution is 8.18. The summed E-state index contributed by atoms with van der Waals surface area (Å²) in [7, 11) is 0. The number of carbonyl (C=O) groups is 5. The van der Waals surface area contributed by atoms with E-state index < -0.39 is 33.9 Å². The van der Waals surface area contributed by atoms with Gasteiger partial charge in [0.05, 0.1) is 46.0 Å². The first-order valence-corrected chi connectivity index (χ1v) is 22.0. The summed E-state index contributed by atoms with van der Waals surface area (Å²) in [6.45, 7) is 12.3. The van der Waals surface area contributed by atoms with E-state index in [0.29, 0.717) is 72.3 Å². The Labute approximate surface area is 371 Å². The molecule has 8 rings (SSSR count). The fraction of sp³-hybridized carbons (Fsp3) is 0.341. The minimum atomic E-state index is -0.469. The van der Waals surface area contributed by atoms with Crippen molar-refractivity contribution in [3.05, 3.63) is 93.8 Å². The predicted molar refractivity (Wildman–Crippen MR) is 240 cm³/mol. The Bertz CT molecular complexity index is 2490. The van der Waals surface area contributed by atoms with Crippen molar-refractivity contribution in [3.8, 4) is 22.5 Å². The Morgan fingerprint density at radius 3 is 1.71 bits per heavy atom. The summed E-state index contributed by atoms with van der Waals surface area (Å²) >= 11 is 1.63. The van der Waals surface area contributed by atoms with Gasteiger partial charge in [-0.2, -0.15) is 0 Å². The molecule has 0 unspecified atom stereocenters. The van der Waals surface area contributed by atoms with Gasteiger partial charge >= 0.3 is 0 Å². The lowest BCUT2D eigenvalue weighted by Gasteiger charge is -2.26. The molecule has 0 aliphatic carbocycles. The van der Waals surface area contributed by atoms with E-state index >= 15 is 0 Å². The summed E-state index contributed by atoms with van der Waals surface area (Å²) in [4.78, 5) is 83.4. The Morgan fingerprint density at radius 1 is 0.683 bits per heavy atom. The number of hydrogen-bond acceptors (Lipinski definition) is 14. The molecule has 5 amide bonds.